The summed E-state index contributed by atoms with van der Waals surface area (Å²) in [5.41, 5.74) is 5.58. The molecule has 3 heteroatoms. The van der Waals surface area contributed by atoms with Crippen LogP contribution >= 0.6 is 0 Å². The van der Waals surface area contributed by atoms with E-state index in [0.29, 0.717) is 5.92 Å². The zero-order chi connectivity index (χ0) is 13.2. The van der Waals surface area contributed by atoms with Crippen LogP contribution in [0.4, 0.5) is 0 Å². The highest BCUT2D eigenvalue weighted by Gasteiger charge is 2.18. The fourth-order valence-corrected chi connectivity index (χ4v) is 2.64. The molecule has 1 aliphatic rings. The predicted octanol–water partition coefficient (Wildman–Crippen LogP) is 2.84. The third-order valence-corrected chi connectivity index (χ3v) is 4.05. The monoisotopic (exact) mass is 254 g/mol. The number of hydrogen-bond donors (Lipinski definition) is 2. The van der Waals surface area contributed by atoms with E-state index < -0.39 is 0 Å². The highest BCUT2D eigenvalue weighted by molar-refractivity contribution is 5.78. The first kappa shape index (κ1) is 15.5. The molecule has 0 saturated heterocycles. The van der Waals surface area contributed by atoms with Crippen LogP contribution in [-0.4, -0.2) is 19.0 Å². The van der Waals surface area contributed by atoms with E-state index in [1.807, 2.05) is 0 Å². The maximum absolute atomic E-state index is 12.0. The number of rotatable bonds is 6. The lowest BCUT2D eigenvalue weighted by atomic mass is 9.90. The number of carbonyl (C=O) groups excluding carboxylic acids is 1. The van der Waals surface area contributed by atoms with Gasteiger partial charge in [0.1, 0.15) is 0 Å². The lowest BCUT2D eigenvalue weighted by molar-refractivity contribution is -0.125. The maximum Gasteiger partial charge on any atom is 0.223 e. The molecule has 0 bridgehead atoms. The van der Waals surface area contributed by atoms with Gasteiger partial charge in [0.05, 0.1) is 0 Å². The number of nitrogens with one attached hydrogen (secondary N) is 1. The summed E-state index contributed by atoms with van der Waals surface area (Å²) in [6, 6.07) is 0. The standard InChI is InChI=1S/C15H30N2O/c1-13(12-16)8-7-11-17-15(18)14-9-5-3-2-4-6-10-14/h13-14H,2-12,16H2,1H3,(H,17,18). The van der Waals surface area contributed by atoms with E-state index in [9.17, 15) is 4.79 Å². The van der Waals surface area contributed by atoms with Gasteiger partial charge in [0.25, 0.3) is 0 Å². The minimum atomic E-state index is 0.275. The van der Waals surface area contributed by atoms with E-state index in [1.54, 1.807) is 0 Å². The Labute approximate surface area is 112 Å². The van der Waals surface area contributed by atoms with Crippen LogP contribution in [0.15, 0.2) is 0 Å². The zero-order valence-electron chi connectivity index (χ0n) is 11.9. The van der Waals surface area contributed by atoms with Crippen LogP contribution in [0.25, 0.3) is 0 Å². The molecule has 1 amide bonds. The fourth-order valence-electron chi connectivity index (χ4n) is 2.64. The van der Waals surface area contributed by atoms with Crippen LogP contribution in [0.5, 0.6) is 0 Å². The lowest BCUT2D eigenvalue weighted by Crippen LogP contribution is -2.32. The van der Waals surface area contributed by atoms with E-state index in [1.165, 1.54) is 32.1 Å². The van der Waals surface area contributed by atoms with Gasteiger partial charge in [0.2, 0.25) is 5.91 Å². The fraction of sp³-hybridized carbons (Fsp3) is 0.933. The second-order valence-electron chi connectivity index (χ2n) is 5.82. The largest absolute Gasteiger partial charge is 0.356 e. The van der Waals surface area contributed by atoms with Gasteiger partial charge in [-0.05, 0) is 38.1 Å². The Kier molecular flexibility index (Phi) is 8.06. The van der Waals surface area contributed by atoms with Crippen molar-refractivity contribution in [3.05, 3.63) is 0 Å². The molecule has 0 spiro atoms. The van der Waals surface area contributed by atoms with Gasteiger partial charge in [-0.2, -0.15) is 0 Å². The molecule has 3 nitrogen and oxygen atoms in total. The molecule has 0 aliphatic heterocycles. The van der Waals surface area contributed by atoms with Gasteiger partial charge in [-0.1, -0.05) is 39.0 Å². The summed E-state index contributed by atoms with van der Waals surface area (Å²) >= 11 is 0. The third kappa shape index (κ3) is 6.39. The molecule has 0 aromatic carbocycles. The molecule has 1 saturated carbocycles. The summed E-state index contributed by atoms with van der Waals surface area (Å²) in [5, 5.41) is 3.10. The number of carbonyl (C=O) groups is 1. The van der Waals surface area contributed by atoms with E-state index >= 15 is 0 Å². The first-order valence-electron chi connectivity index (χ1n) is 7.71. The highest BCUT2D eigenvalue weighted by atomic mass is 16.1. The van der Waals surface area contributed by atoms with Crippen molar-refractivity contribution in [2.45, 2.75) is 64.7 Å². The average Bonchev–Trinajstić information content (AvgIpc) is 2.33. The number of nitrogens with two attached hydrogens (primary N) is 1. The second kappa shape index (κ2) is 9.37. The van der Waals surface area contributed by atoms with Crippen molar-refractivity contribution in [2.24, 2.45) is 17.6 Å². The summed E-state index contributed by atoms with van der Waals surface area (Å²) in [7, 11) is 0. The summed E-state index contributed by atoms with van der Waals surface area (Å²) in [4.78, 5) is 12.0. The first-order chi connectivity index (χ1) is 8.74. The van der Waals surface area contributed by atoms with Crippen LogP contribution in [0.1, 0.15) is 64.7 Å². The molecule has 0 aromatic heterocycles. The molecule has 1 rings (SSSR count). The quantitative estimate of drug-likeness (QED) is 0.716. The molecule has 3 N–H and O–H groups in total. The zero-order valence-corrected chi connectivity index (χ0v) is 11.9. The second-order valence-corrected chi connectivity index (χ2v) is 5.82. The van der Waals surface area contributed by atoms with Crippen molar-refractivity contribution < 1.29 is 4.79 Å². The van der Waals surface area contributed by atoms with Crippen molar-refractivity contribution in [3.63, 3.8) is 0 Å². The summed E-state index contributed by atoms with van der Waals surface area (Å²) in [5.74, 6) is 1.14. The molecule has 0 aromatic rings. The molecule has 18 heavy (non-hydrogen) atoms. The summed E-state index contributed by atoms with van der Waals surface area (Å²) in [6.45, 7) is 3.73. The molecule has 0 heterocycles. The molecular weight excluding hydrogens is 224 g/mol. The van der Waals surface area contributed by atoms with Gasteiger partial charge in [-0.25, -0.2) is 0 Å². The summed E-state index contributed by atoms with van der Waals surface area (Å²) < 4.78 is 0. The van der Waals surface area contributed by atoms with Gasteiger partial charge in [-0.15, -0.1) is 0 Å². The predicted molar refractivity (Wildman–Crippen MR) is 76.3 cm³/mol. The molecule has 1 fully saturated rings. The number of amides is 1. The van der Waals surface area contributed by atoms with Crippen LogP contribution in [0.2, 0.25) is 0 Å². The number of hydrogen-bond acceptors (Lipinski definition) is 2. The van der Waals surface area contributed by atoms with Gasteiger partial charge < -0.3 is 11.1 Å². The van der Waals surface area contributed by atoms with Gasteiger partial charge >= 0.3 is 0 Å². The van der Waals surface area contributed by atoms with Crippen LogP contribution < -0.4 is 11.1 Å². The van der Waals surface area contributed by atoms with Crippen LogP contribution in [-0.2, 0) is 4.79 Å². The van der Waals surface area contributed by atoms with E-state index in [2.05, 4.69) is 12.2 Å². The van der Waals surface area contributed by atoms with Crippen molar-refractivity contribution in [3.8, 4) is 0 Å². The van der Waals surface area contributed by atoms with Crippen LogP contribution in [0, 0.1) is 11.8 Å². The highest BCUT2D eigenvalue weighted by Crippen LogP contribution is 2.22. The Morgan fingerprint density at radius 1 is 1.22 bits per heavy atom. The molecule has 0 radical (unpaired) electrons. The first-order valence-corrected chi connectivity index (χ1v) is 7.71. The Morgan fingerprint density at radius 2 is 1.83 bits per heavy atom. The van der Waals surface area contributed by atoms with Gasteiger partial charge in [0.15, 0.2) is 0 Å². The lowest BCUT2D eigenvalue weighted by Gasteiger charge is -2.19. The minimum Gasteiger partial charge on any atom is -0.356 e. The molecule has 106 valence electrons. The Balaban J connectivity index is 2.14. The van der Waals surface area contributed by atoms with Crippen molar-refractivity contribution >= 4 is 5.91 Å². The molecule has 1 atom stereocenters. The van der Waals surface area contributed by atoms with E-state index in [4.69, 9.17) is 5.73 Å². The third-order valence-electron chi connectivity index (χ3n) is 4.05. The maximum atomic E-state index is 12.0. The SMILES string of the molecule is CC(CN)CCCNC(=O)C1CCCCCCC1. The normalized spacial score (nSPS) is 19.9. The molecule has 1 aliphatic carbocycles. The molecular formula is C15H30N2O. The Hall–Kier alpha value is -0.570. The Bertz CT molecular complexity index is 223. The summed E-state index contributed by atoms with van der Waals surface area (Å²) in [6.07, 6.45) is 10.7. The van der Waals surface area contributed by atoms with Gasteiger partial charge in [0, 0.05) is 12.5 Å². The minimum absolute atomic E-state index is 0.275. The Morgan fingerprint density at radius 3 is 2.44 bits per heavy atom. The van der Waals surface area contributed by atoms with Crippen LogP contribution in [0.3, 0.4) is 0 Å². The topological polar surface area (TPSA) is 55.1 Å². The molecule has 1 unspecified atom stereocenters. The van der Waals surface area contributed by atoms with Crippen molar-refractivity contribution in [1.29, 1.82) is 0 Å². The van der Waals surface area contributed by atoms with Gasteiger partial charge in [-0.3, -0.25) is 4.79 Å². The van der Waals surface area contributed by atoms with E-state index in [-0.39, 0.29) is 11.8 Å². The van der Waals surface area contributed by atoms with Crippen molar-refractivity contribution in [2.75, 3.05) is 13.1 Å². The smallest absolute Gasteiger partial charge is 0.223 e. The average molecular weight is 254 g/mol. The van der Waals surface area contributed by atoms with E-state index in [0.717, 1.165) is 38.8 Å². The van der Waals surface area contributed by atoms with Crippen molar-refractivity contribution in [1.82, 2.24) is 5.32 Å².